The minimum Gasteiger partial charge on any atom is -0.343 e. The van der Waals surface area contributed by atoms with E-state index < -0.39 is 6.04 Å². The van der Waals surface area contributed by atoms with Gasteiger partial charge in [0.1, 0.15) is 6.04 Å². The van der Waals surface area contributed by atoms with Gasteiger partial charge in [0, 0.05) is 29.7 Å². The number of nitrogens with zero attached hydrogens (tertiary/aromatic N) is 1. The van der Waals surface area contributed by atoms with Gasteiger partial charge in [-0.2, -0.15) is 0 Å². The van der Waals surface area contributed by atoms with E-state index in [1.165, 1.54) is 5.56 Å². The second-order valence-corrected chi connectivity index (χ2v) is 10.6. The summed E-state index contributed by atoms with van der Waals surface area (Å²) in [7, 11) is 0. The average molecular weight is 438 g/mol. The number of halogens is 1. The summed E-state index contributed by atoms with van der Waals surface area (Å²) in [5.41, 5.74) is 1.21. The van der Waals surface area contributed by atoms with Gasteiger partial charge in [-0.1, -0.05) is 51.4 Å². The topological polar surface area (TPSA) is 61.4 Å². The van der Waals surface area contributed by atoms with Crippen LogP contribution in [0.2, 0.25) is 5.02 Å². The molecule has 29 heavy (non-hydrogen) atoms. The third-order valence-corrected chi connectivity index (χ3v) is 7.27. The van der Waals surface area contributed by atoms with Gasteiger partial charge in [-0.15, -0.1) is 11.8 Å². The van der Waals surface area contributed by atoms with Crippen molar-refractivity contribution in [2.24, 2.45) is 11.3 Å². The van der Waals surface area contributed by atoms with Crippen LogP contribution in [0.3, 0.4) is 0 Å². The molecule has 0 radical (unpaired) electrons. The molecule has 1 aromatic carbocycles. The lowest BCUT2D eigenvalue weighted by Crippen LogP contribution is -2.58. The molecule has 0 bridgehead atoms. The molecule has 3 rings (SSSR count). The van der Waals surface area contributed by atoms with Crippen molar-refractivity contribution in [2.75, 3.05) is 24.7 Å². The van der Waals surface area contributed by atoms with Crippen LogP contribution in [0.4, 0.5) is 0 Å². The van der Waals surface area contributed by atoms with Crippen molar-refractivity contribution in [2.45, 2.75) is 52.1 Å². The molecule has 2 aliphatic heterocycles. The van der Waals surface area contributed by atoms with Crippen molar-refractivity contribution >= 4 is 35.2 Å². The molecule has 7 heteroatoms. The van der Waals surface area contributed by atoms with Gasteiger partial charge in [-0.3, -0.25) is 14.9 Å². The fraction of sp³-hybridized carbons (Fsp3) is 0.636. The molecule has 2 fully saturated rings. The van der Waals surface area contributed by atoms with E-state index in [0.29, 0.717) is 19.0 Å². The first-order valence-corrected chi connectivity index (χ1v) is 11.9. The Morgan fingerprint density at radius 1 is 1.28 bits per heavy atom. The van der Waals surface area contributed by atoms with Gasteiger partial charge in [-0.05, 0) is 41.4 Å². The maximum Gasteiger partial charge on any atom is 0.245 e. The van der Waals surface area contributed by atoms with E-state index in [0.717, 1.165) is 23.1 Å². The molecule has 0 saturated carbocycles. The Morgan fingerprint density at radius 2 is 1.97 bits per heavy atom. The molecule has 1 aromatic rings. The van der Waals surface area contributed by atoms with Gasteiger partial charge >= 0.3 is 0 Å². The van der Waals surface area contributed by atoms with Gasteiger partial charge in [0.25, 0.3) is 0 Å². The van der Waals surface area contributed by atoms with Crippen molar-refractivity contribution in [1.29, 1.82) is 0 Å². The van der Waals surface area contributed by atoms with Crippen LogP contribution in [-0.2, 0) is 9.59 Å². The number of rotatable bonds is 5. The van der Waals surface area contributed by atoms with Gasteiger partial charge < -0.3 is 10.2 Å². The molecule has 5 nitrogen and oxygen atoms in total. The largest absolute Gasteiger partial charge is 0.343 e. The summed E-state index contributed by atoms with van der Waals surface area (Å²) in [5.74, 6) is 1.90. The van der Waals surface area contributed by atoms with E-state index in [9.17, 15) is 9.59 Å². The van der Waals surface area contributed by atoms with Crippen molar-refractivity contribution in [3.63, 3.8) is 0 Å². The van der Waals surface area contributed by atoms with Crippen molar-refractivity contribution in [1.82, 2.24) is 15.5 Å². The number of thioether (sulfide) groups is 1. The monoisotopic (exact) mass is 437 g/mol. The Kier molecular flexibility index (Phi) is 7.18. The highest BCUT2D eigenvalue weighted by atomic mass is 35.5. The normalized spacial score (nSPS) is 25.1. The highest BCUT2D eigenvalue weighted by Crippen LogP contribution is 2.42. The van der Waals surface area contributed by atoms with Crippen LogP contribution < -0.4 is 10.6 Å². The van der Waals surface area contributed by atoms with Crippen molar-refractivity contribution in [3.05, 3.63) is 34.9 Å². The standard InChI is InChI=1S/C22H32ClN3O2S/c1-14(2)19(25-20(27)18-11-29-13-24-18)21(28)26-10-9-17(22(3,4)12-26)15-5-7-16(23)8-6-15/h5-8,14,17-19,24H,9-13H2,1-4H3,(H,25,27)/t17-,18-,19-/m1/s1. The van der Waals surface area contributed by atoms with Gasteiger partial charge in [0.05, 0.1) is 6.04 Å². The zero-order valence-electron chi connectivity index (χ0n) is 17.7. The summed E-state index contributed by atoms with van der Waals surface area (Å²) in [6, 6.07) is 7.36. The van der Waals surface area contributed by atoms with E-state index in [-0.39, 0.29) is 29.2 Å². The number of piperidine rings is 1. The van der Waals surface area contributed by atoms with Crippen LogP contribution in [-0.4, -0.2) is 53.5 Å². The van der Waals surface area contributed by atoms with Crippen molar-refractivity contribution in [3.8, 4) is 0 Å². The number of hydrogen-bond acceptors (Lipinski definition) is 4. The molecule has 0 unspecified atom stereocenters. The molecular weight excluding hydrogens is 406 g/mol. The average Bonchev–Trinajstić information content (AvgIpc) is 3.20. The van der Waals surface area contributed by atoms with Gasteiger partial charge in [0.2, 0.25) is 11.8 Å². The summed E-state index contributed by atoms with van der Waals surface area (Å²) in [6.07, 6.45) is 0.903. The number of hydrogen-bond donors (Lipinski definition) is 2. The number of amides is 2. The molecule has 2 amide bonds. The van der Waals surface area contributed by atoms with Crippen LogP contribution in [0.5, 0.6) is 0 Å². The van der Waals surface area contributed by atoms with Gasteiger partial charge in [0.15, 0.2) is 0 Å². The SMILES string of the molecule is CC(C)[C@@H](NC(=O)[C@H]1CSCN1)C(=O)N1CC[C@H](c2ccc(Cl)cc2)C(C)(C)C1. The number of nitrogens with one attached hydrogen (secondary N) is 2. The Hall–Kier alpha value is -1.24. The number of benzene rings is 1. The van der Waals surface area contributed by atoms with E-state index in [2.05, 4.69) is 36.6 Å². The second-order valence-electron chi connectivity index (χ2n) is 9.14. The fourth-order valence-corrected chi connectivity index (χ4v) is 5.45. The molecule has 0 spiro atoms. The van der Waals surface area contributed by atoms with Crippen LogP contribution in [0, 0.1) is 11.3 Å². The quantitative estimate of drug-likeness (QED) is 0.740. The second kappa shape index (κ2) is 9.27. The summed E-state index contributed by atoms with van der Waals surface area (Å²) in [4.78, 5) is 27.8. The molecule has 0 aromatic heterocycles. The maximum absolute atomic E-state index is 13.3. The number of likely N-dealkylation sites (tertiary alicyclic amines) is 1. The van der Waals surface area contributed by atoms with Crippen LogP contribution >= 0.6 is 23.4 Å². The van der Waals surface area contributed by atoms with E-state index >= 15 is 0 Å². The minimum atomic E-state index is -0.488. The summed E-state index contributed by atoms with van der Waals surface area (Å²) >= 11 is 7.75. The summed E-state index contributed by atoms with van der Waals surface area (Å²) in [5, 5.41) is 6.93. The molecule has 2 heterocycles. The van der Waals surface area contributed by atoms with E-state index in [1.54, 1.807) is 11.8 Å². The molecule has 160 valence electrons. The first kappa shape index (κ1) is 22.4. The lowest BCUT2D eigenvalue weighted by Gasteiger charge is -2.45. The highest BCUT2D eigenvalue weighted by Gasteiger charge is 2.41. The number of carbonyl (C=O) groups is 2. The van der Waals surface area contributed by atoms with Gasteiger partial charge in [-0.25, -0.2) is 0 Å². The third kappa shape index (κ3) is 5.28. The predicted octanol–water partition coefficient (Wildman–Crippen LogP) is 3.49. The van der Waals surface area contributed by atoms with Crippen LogP contribution in [0.15, 0.2) is 24.3 Å². The molecule has 2 saturated heterocycles. The predicted molar refractivity (Wildman–Crippen MR) is 120 cm³/mol. The lowest BCUT2D eigenvalue weighted by atomic mass is 9.70. The van der Waals surface area contributed by atoms with Crippen molar-refractivity contribution < 1.29 is 9.59 Å². The first-order chi connectivity index (χ1) is 13.7. The Labute approximate surface area is 183 Å². The smallest absolute Gasteiger partial charge is 0.245 e. The zero-order valence-corrected chi connectivity index (χ0v) is 19.3. The third-order valence-electron chi connectivity index (χ3n) is 6.08. The fourth-order valence-electron chi connectivity index (χ4n) is 4.39. The maximum atomic E-state index is 13.3. The number of carbonyl (C=O) groups excluding carboxylic acids is 2. The molecule has 2 aliphatic rings. The Morgan fingerprint density at radius 3 is 2.52 bits per heavy atom. The molecule has 2 N–H and O–H groups in total. The Bertz CT molecular complexity index is 732. The van der Waals surface area contributed by atoms with E-state index in [1.807, 2.05) is 30.9 Å². The molecule has 0 aliphatic carbocycles. The zero-order chi connectivity index (χ0) is 21.2. The molecule has 3 atom stereocenters. The minimum absolute atomic E-state index is 0.0293. The molecular formula is C22H32ClN3O2S. The van der Waals surface area contributed by atoms with E-state index in [4.69, 9.17) is 11.6 Å². The summed E-state index contributed by atoms with van der Waals surface area (Å²) in [6.45, 7) is 9.79. The van der Waals surface area contributed by atoms with Crippen LogP contribution in [0.25, 0.3) is 0 Å². The lowest BCUT2D eigenvalue weighted by molar-refractivity contribution is -0.141. The summed E-state index contributed by atoms with van der Waals surface area (Å²) < 4.78 is 0. The first-order valence-electron chi connectivity index (χ1n) is 10.3. The Balaban J connectivity index is 1.68. The van der Waals surface area contributed by atoms with Crippen LogP contribution in [0.1, 0.15) is 45.6 Å². The highest BCUT2D eigenvalue weighted by molar-refractivity contribution is 7.99.